The number of benzene rings is 2. The van der Waals surface area contributed by atoms with Crippen LogP contribution >= 0.6 is 0 Å². The molecule has 12 heteroatoms. The molecule has 0 bridgehead atoms. The number of esters is 1. The van der Waals surface area contributed by atoms with Gasteiger partial charge in [0.1, 0.15) is 0 Å². The minimum atomic E-state index is -4.04. The van der Waals surface area contributed by atoms with Crippen molar-refractivity contribution in [3.8, 4) is 0 Å². The molecule has 0 heterocycles. The first kappa shape index (κ1) is 22.5. The van der Waals surface area contributed by atoms with E-state index in [1.165, 1.54) is 44.2 Å². The van der Waals surface area contributed by atoms with Gasteiger partial charge in [-0.05, 0) is 49.7 Å². The first-order valence-corrected chi connectivity index (χ1v) is 11.2. The van der Waals surface area contributed by atoms with Crippen molar-refractivity contribution in [1.29, 1.82) is 0 Å². The smallest absolute Gasteiger partial charge is 0.338 e. The van der Waals surface area contributed by atoms with Gasteiger partial charge in [-0.15, -0.1) is 0 Å². The van der Waals surface area contributed by atoms with Crippen molar-refractivity contribution < 1.29 is 31.2 Å². The molecule has 5 N–H and O–H groups in total. The van der Waals surface area contributed by atoms with Crippen molar-refractivity contribution in [1.82, 2.24) is 0 Å². The van der Waals surface area contributed by atoms with Crippen LogP contribution < -0.4 is 15.6 Å². The van der Waals surface area contributed by atoms with E-state index < -0.39 is 38.0 Å². The highest BCUT2D eigenvalue weighted by atomic mass is 32.2. The van der Waals surface area contributed by atoms with Gasteiger partial charge in [0.15, 0.2) is 6.10 Å². The van der Waals surface area contributed by atoms with Crippen molar-refractivity contribution in [3.63, 3.8) is 0 Å². The minimum absolute atomic E-state index is 0.101. The number of hydrogen-bond donors (Lipinski definition) is 3. The van der Waals surface area contributed by atoms with Crippen LogP contribution in [0, 0.1) is 6.92 Å². The van der Waals surface area contributed by atoms with Crippen LogP contribution in [-0.2, 0) is 29.6 Å². The molecule has 0 aromatic heterocycles. The zero-order chi connectivity index (χ0) is 22.0. The van der Waals surface area contributed by atoms with Gasteiger partial charge in [0.25, 0.3) is 5.91 Å². The van der Waals surface area contributed by atoms with Gasteiger partial charge in [0, 0.05) is 5.69 Å². The van der Waals surface area contributed by atoms with E-state index in [0.29, 0.717) is 5.56 Å². The Hall–Kier alpha value is -2.80. The third-order valence-electron chi connectivity index (χ3n) is 3.81. The van der Waals surface area contributed by atoms with E-state index >= 15 is 0 Å². The van der Waals surface area contributed by atoms with E-state index in [0.717, 1.165) is 12.1 Å². The molecule has 0 fully saturated rings. The topological polar surface area (TPSA) is 176 Å². The van der Waals surface area contributed by atoms with Crippen molar-refractivity contribution in [2.75, 3.05) is 5.32 Å². The molecule has 1 amide bonds. The SMILES string of the molecule is Cc1ccc(C(=O)OC(C)C(=O)Nc2cccc(S(N)(=O)=O)c2)cc1S(N)(=O)=O. The number of ether oxygens (including phenoxy) is 1. The van der Waals surface area contributed by atoms with Crippen LogP contribution in [0.4, 0.5) is 5.69 Å². The lowest BCUT2D eigenvalue weighted by Gasteiger charge is -2.14. The Labute approximate surface area is 168 Å². The Morgan fingerprint density at radius 2 is 1.66 bits per heavy atom. The van der Waals surface area contributed by atoms with Crippen molar-refractivity contribution in [3.05, 3.63) is 53.6 Å². The number of sulfonamides is 2. The summed E-state index contributed by atoms with van der Waals surface area (Å²) < 4.78 is 50.9. The molecule has 0 radical (unpaired) electrons. The van der Waals surface area contributed by atoms with Crippen molar-refractivity contribution in [2.45, 2.75) is 29.7 Å². The number of aryl methyl sites for hydroxylation is 1. The van der Waals surface area contributed by atoms with Gasteiger partial charge in [-0.25, -0.2) is 31.9 Å². The van der Waals surface area contributed by atoms with E-state index in [1.54, 1.807) is 0 Å². The van der Waals surface area contributed by atoms with Crippen LogP contribution in [0.25, 0.3) is 0 Å². The molecule has 10 nitrogen and oxygen atoms in total. The number of nitrogens with two attached hydrogens (primary N) is 2. The number of carbonyl (C=O) groups excluding carboxylic acids is 2. The Kier molecular flexibility index (Phi) is 6.43. The summed E-state index contributed by atoms with van der Waals surface area (Å²) in [7, 11) is -7.99. The molecule has 2 rings (SSSR count). The summed E-state index contributed by atoms with van der Waals surface area (Å²) in [5, 5.41) is 12.6. The Morgan fingerprint density at radius 1 is 1.00 bits per heavy atom. The summed E-state index contributed by atoms with van der Waals surface area (Å²) in [5.41, 5.74) is 0.386. The molecule has 0 saturated carbocycles. The first-order valence-electron chi connectivity index (χ1n) is 8.07. The highest BCUT2D eigenvalue weighted by Gasteiger charge is 2.21. The number of nitrogens with one attached hydrogen (secondary N) is 1. The molecule has 0 aliphatic carbocycles. The number of amides is 1. The lowest BCUT2D eigenvalue weighted by atomic mass is 10.1. The third-order valence-corrected chi connectivity index (χ3v) is 5.78. The van der Waals surface area contributed by atoms with E-state index in [4.69, 9.17) is 15.0 Å². The van der Waals surface area contributed by atoms with Gasteiger partial charge in [-0.3, -0.25) is 4.79 Å². The first-order chi connectivity index (χ1) is 13.3. The predicted molar refractivity (Wildman–Crippen MR) is 104 cm³/mol. The maximum Gasteiger partial charge on any atom is 0.338 e. The predicted octanol–water partition coefficient (Wildman–Crippen LogP) is 0.474. The standard InChI is InChI=1S/C17H19N3O7S2/c1-10-6-7-12(8-15(10)29(19,25)26)17(22)27-11(2)16(21)20-13-4-3-5-14(9-13)28(18,23)24/h3-9,11H,1-2H3,(H,20,21)(H2,18,23,24)(H2,19,25,26). The Bertz CT molecular complexity index is 1180. The summed E-state index contributed by atoms with van der Waals surface area (Å²) in [6.45, 7) is 2.81. The number of anilines is 1. The molecule has 0 saturated heterocycles. The van der Waals surface area contributed by atoms with Gasteiger partial charge in [0.05, 0.1) is 15.4 Å². The summed E-state index contributed by atoms with van der Waals surface area (Å²) in [6.07, 6.45) is -1.26. The van der Waals surface area contributed by atoms with Crippen LogP contribution in [0.1, 0.15) is 22.8 Å². The van der Waals surface area contributed by atoms with E-state index in [-0.39, 0.29) is 21.0 Å². The Balaban J connectivity index is 2.13. The molecule has 1 atom stereocenters. The van der Waals surface area contributed by atoms with Crippen molar-refractivity contribution >= 4 is 37.6 Å². The molecular weight excluding hydrogens is 422 g/mol. The number of carbonyl (C=O) groups is 2. The molecule has 29 heavy (non-hydrogen) atoms. The van der Waals surface area contributed by atoms with Crippen LogP contribution in [0.2, 0.25) is 0 Å². The third kappa shape index (κ3) is 5.84. The number of hydrogen-bond acceptors (Lipinski definition) is 7. The second-order valence-corrected chi connectivity index (χ2v) is 9.23. The number of primary sulfonamides is 2. The van der Waals surface area contributed by atoms with E-state index in [2.05, 4.69) is 5.32 Å². The van der Waals surface area contributed by atoms with Crippen molar-refractivity contribution in [2.24, 2.45) is 10.3 Å². The average molecular weight is 441 g/mol. The van der Waals surface area contributed by atoms with Crippen LogP contribution in [0.3, 0.4) is 0 Å². The fourth-order valence-electron chi connectivity index (χ4n) is 2.31. The molecular formula is C17H19N3O7S2. The van der Waals surface area contributed by atoms with E-state index in [9.17, 15) is 26.4 Å². The number of rotatable bonds is 6. The van der Waals surface area contributed by atoms with Gasteiger partial charge >= 0.3 is 5.97 Å². The average Bonchev–Trinajstić information content (AvgIpc) is 2.60. The monoisotopic (exact) mass is 441 g/mol. The molecule has 156 valence electrons. The quantitative estimate of drug-likeness (QED) is 0.546. The Morgan fingerprint density at radius 3 is 2.24 bits per heavy atom. The summed E-state index contributed by atoms with van der Waals surface area (Å²) in [5.74, 6) is -1.67. The lowest BCUT2D eigenvalue weighted by Crippen LogP contribution is -2.30. The van der Waals surface area contributed by atoms with Crippen LogP contribution in [0.15, 0.2) is 52.3 Å². The fraction of sp³-hybridized carbons (Fsp3) is 0.176. The van der Waals surface area contributed by atoms with E-state index in [1.807, 2.05) is 0 Å². The zero-order valence-electron chi connectivity index (χ0n) is 15.4. The van der Waals surface area contributed by atoms with Gasteiger partial charge in [0.2, 0.25) is 20.0 Å². The molecule has 2 aromatic carbocycles. The highest BCUT2D eigenvalue weighted by molar-refractivity contribution is 7.89. The molecule has 2 aromatic rings. The summed E-state index contributed by atoms with van der Waals surface area (Å²) in [4.78, 5) is 24.1. The second kappa shape index (κ2) is 8.29. The normalized spacial score (nSPS) is 12.8. The molecule has 0 aliphatic heterocycles. The molecule has 1 unspecified atom stereocenters. The fourth-order valence-corrected chi connectivity index (χ4v) is 3.68. The maximum atomic E-state index is 12.3. The van der Waals surface area contributed by atoms with Crippen LogP contribution in [-0.4, -0.2) is 34.8 Å². The van der Waals surface area contributed by atoms with Gasteiger partial charge in [-0.1, -0.05) is 12.1 Å². The van der Waals surface area contributed by atoms with Gasteiger partial charge < -0.3 is 10.1 Å². The molecule has 0 spiro atoms. The second-order valence-electron chi connectivity index (χ2n) is 6.13. The largest absolute Gasteiger partial charge is 0.449 e. The lowest BCUT2D eigenvalue weighted by molar-refractivity contribution is -0.123. The molecule has 0 aliphatic rings. The van der Waals surface area contributed by atoms with Gasteiger partial charge in [-0.2, -0.15) is 0 Å². The van der Waals surface area contributed by atoms with Crippen LogP contribution in [0.5, 0.6) is 0 Å². The highest BCUT2D eigenvalue weighted by Crippen LogP contribution is 2.18. The summed E-state index contributed by atoms with van der Waals surface area (Å²) >= 11 is 0. The zero-order valence-corrected chi connectivity index (χ0v) is 17.1. The summed E-state index contributed by atoms with van der Waals surface area (Å²) in [6, 6.07) is 9.02. The maximum absolute atomic E-state index is 12.3. The minimum Gasteiger partial charge on any atom is -0.449 e.